The first kappa shape index (κ1) is 17.8. The SMILES string of the molecule is CC(=O)N1CCN(c2cc(-c3nc4ccccc4n3C)c(Cl)cn2)[C@H](C)C1. The number of hydrogen-bond donors (Lipinski definition) is 0. The highest BCUT2D eigenvalue weighted by Crippen LogP contribution is 2.32. The molecule has 0 N–H and O–H groups in total. The van der Waals surface area contributed by atoms with Gasteiger partial charge in [0.2, 0.25) is 5.91 Å². The van der Waals surface area contributed by atoms with Crippen LogP contribution in [0.1, 0.15) is 13.8 Å². The summed E-state index contributed by atoms with van der Waals surface area (Å²) >= 11 is 6.48. The molecule has 3 aromatic rings. The van der Waals surface area contributed by atoms with E-state index in [0.717, 1.165) is 34.8 Å². The van der Waals surface area contributed by atoms with Gasteiger partial charge in [0.05, 0.1) is 16.1 Å². The molecule has 140 valence electrons. The number of aryl methyl sites for hydroxylation is 1. The summed E-state index contributed by atoms with van der Waals surface area (Å²) in [7, 11) is 2.00. The number of para-hydroxylation sites is 2. The van der Waals surface area contributed by atoms with Crippen LogP contribution in [-0.4, -0.2) is 51.0 Å². The predicted octanol–water partition coefficient (Wildman–Crippen LogP) is 3.35. The zero-order chi connectivity index (χ0) is 19.1. The highest BCUT2D eigenvalue weighted by Gasteiger charge is 2.27. The van der Waals surface area contributed by atoms with Crippen LogP contribution >= 0.6 is 11.6 Å². The van der Waals surface area contributed by atoms with E-state index in [1.807, 2.05) is 42.3 Å². The largest absolute Gasteiger partial charge is 0.350 e. The second kappa shape index (κ2) is 6.85. The van der Waals surface area contributed by atoms with Gasteiger partial charge in [-0.05, 0) is 25.1 Å². The summed E-state index contributed by atoms with van der Waals surface area (Å²) in [6, 6.07) is 10.2. The van der Waals surface area contributed by atoms with Crippen LogP contribution in [0.3, 0.4) is 0 Å². The molecule has 3 heterocycles. The van der Waals surface area contributed by atoms with Crippen LogP contribution in [0.4, 0.5) is 5.82 Å². The van der Waals surface area contributed by atoms with E-state index in [1.165, 1.54) is 0 Å². The third-order valence-corrected chi connectivity index (χ3v) is 5.54. The van der Waals surface area contributed by atoms with Gasteiger partial charge in [0.15, 0.2) is 0 Å². The van der Waals surface area contributed by atoms with Gasteiger partial charge in [-0.3, -0.25) is 4.79 Å². The molecular formula is C20H22ClN5O. The summed E-state index contributed by atoms with van der Waals surface area (Å²) in [4.78, 5) is 25.1. The van der Waals surface area contributed by atoms with Crippen LogP contribution in [0.5, 0.6) is 0 Å². The predicted molar refractivity (Wildman–Crippen MR) is 108 cm³/mol. The molecule has 1 aromatic carbocycles. The number of aromatic nitrogens is 3. The first-order chi connectivity index (χ1) is 13.0. The van der Waals surface area contributed by atoms with Crippen molar-refractivity contribution in [2.75, 3.05) is 24.5 Å². The van der Waals surface area contributed by atoms with Gasteiger partial charge >= 0.3 is 0 Å². The monoisotopic (exact) mass is 383 g/mol. The quantitative estimate of drug-likeness (QED) is 0.681. The second-order valence-corrected chi connectivity index (χ2v) is 7.42. The first-order valence-electron chi connectivity index (χ1n) is 9.05. The lowest BCUT2D eigenvalue weighted by molar-refractivity contribution is -0.129. The average molecular weight is 384 g/mol. The fourth-order valence-electron chi connectivity index (χ4n) is 3.73. The third-order valence-electron chi connectivity index (χ3n) is 5.24. The topological polar surface area (TPSA) is 54.3 Å². The fraction of sp³-hybridized carbons (Fsp3) is 0.350. The van der Waals surface area contributed by atoms with Crippen molar-refractivity contribution in [2.24, 2.45) is 7.05 Å². The van der Waals surface area contributed by atoms with Crippen molar-refractivity contribution < 1.29 is 4.79 Å². The lowest BCUT2D eigenvalue weighted by atomic mass is 10.1. The average Bonchev–Trinajstić information content (AvgIpc) is 2.99. The number of imidazole rings is 1. The highest BCUT2D eigenvalue weighted by molar-refractivity contribution is 6.33. The minimum atomic E-state index is 0.117. The van der Waals surface area contributed by atoms with Crippen LogP contribution < -0.4 is 4.90 Å². The van der Waals surface area contributed by atoms with E-state index in [9.17, 15) is 4.79 Å². The molecule has 1 atom stereocenters. The Balaban J connectivity index is 1.72. The number of anilines is 1. The molecule has 27 heavy (non-hydrogen) atoms. The van der Waals surface area contributed by atoms with E-state index in [4.69, 9.17) is 16.6 Å². The Morgan fingerprint density at radius 1 is 1.26 bits per heavy atom. The number of hydrogen-bond acceptors (Lipinski definition) is 4. The molecule has 1 aliphatic rings. The number of pyridine rings is 1. The molecule has 0 unspecified atom stereocenters. The zero-order valence-electron chi connectivity index (χ0n) is 15.7. The number of fused-ring (bicyclic) bond motifs is 1. The molecule has 0 radical (unpaired) electrons. The van der Waals surface area contributed by atoms with E-state index >= 15 is 0 Å². The molecule has 0 bridgehead atoms. The van der Waals surface area contributed by atoms with Gasteiger partial charge in [-0.15, -0.1) is 0 Å². The summed E-state index contributed by atoms with van der Waals surface area (Å²) in [6.07, 6.45) is 1.69. The molecule has 6 nitrogen and oxygen atoms in total. The van der Waals surface area contributed by atoms with Crippen molar-refractivity contribution in [3.63, 3.8) is 0 Å². The van der Waals surface area contributed by atoms with Crippen molar-refractivity contribution >= 4 is 34.4 Å². The molecule has 0 saturated carbocycles. The van der Waals surface area contributed by atoms with Crippen molar-refractivity contribution in [1.82, 2.24) is 19.4 Å². The van der Waals surface area contributed by atoms with Gasteiger partial charge in [0.25, 0.3) is 0 Å². The van der Waals surface area contributed by atoms with E-state index in [0.29, 0.717) is 18.1 Å². The smallest absolute Gasteiger partial charge is 0.219 e. The lowest BCUT2D eigenvalue weighted by Crippen LogP contribution is -2.53. The number of carbonyl (C=O) groups excluding carboxylic acids is 1. The molecule has 0 aliphatic carbocycles. The lowest BCUT2D eigenvalue weighted by Gasteiger charge is -2.40. The molecule has 1 saturated heterocycles. The first-order valence-corrected chi connectivity index (χ1v) is 9.43. The maximum Gasteiger partial charge on any atom is 0.219 e. The number of piperazine rings is 1. The van der Waals surface area contributed by atoms with E-state index in [2.05, 4.69) is 21.4 Å². The molecule has 1 aliphatic heterocycles. The molecule has 7 heteroatoms. The van der Waals surface area contributed by atoms with Crippen molar-refractivity contribution in [3.8, 4) is 11.4 Å². The van der Waals surface area contributed by atoms with Gasteiger partial charge in [0, 0.05) is 51.4 Å². The van der Waals surface area contributed by atoms with Crippen molar-refractivity contribution in [2.45, 2.75) is 19.9 Å². The van der Waals surface area contributed by atoms with Crippen LogP contribution in [0.2, 0.25) is 5.02 Å². The Hall–Kier alpha value is -2.60. The Morgan fingerprint density at radius 3 is 2.74 bits per heavy atom. The molecule has 1 amide bonds. The summed E-state index contributed by atoms with van der Waals surface area (Å²) in [5, 5.41) is 0.576. The van der Waals surface area contributed by atoms with Gasteiger partial charge in [-0.1, -0.05) is 23.7 Å². The van der Waals surface area contributed by atoms with Gasteiger partial charge in [-0.25, -0.2) is 9.97 Å². The summed E-state index contributed by atoms with van der Waals surface area (Å²) in [5.74, 6) is 1.79. The molecular weight excluding hydrogens is 362 g/mol. The maximum absolute atomic E-state index is 11.7. The van der Waals surface area contributed by atoms with Gasteiger partial charge < -0.3 is 14.4 Å². The summed E-state index contributed by atoms with van der Waals surface area (Å²) in [6.45, 7) is 5.87. The summed E-state index contributed by atoms with van der Waals surface area (Å²) < 4.78 is 2.05. The molecule has 4 rings (SSSR count). The standard InChI is InChI=1S/C20H22ClN5O/c1-13-12-25(14(2)27)8-9-26(13)19-10-15(16(21)11-22-19)20-23-17-6-4-5-7-18(17)24(20)3/h4-7,10-11,13H,8-9,12H2,1-3H3/t13-/m1/s1. The van der Waals surface area contributed by atoms with E-state index in [-0.39, 0.29) is 11.9 Å². The van der Waals surface area contributed by atoms with E-state index in [1.54, 1.807) is 13.1 Å². The number of carbonyl (C=O) groups is 1. The second-order valence-electron chi connectivity index (χ2n) is 7.01. The maximum atomic E-state index is 11.7. The third kappa shape index (κ3) is 3.14. The fourth-order valence-corrected chi connectivity index (χ4v) is 3.91. The van der Waals surface area contributed by atoms with Crippen LogP contribution in [0, 0.1) is 0 Å². The summed E-state index contributed by atoms with van der Waals surface area (Å²) in [5.41, 5.74) is 2.86. The Labute approximate surface area is 163 Å². The molecule has 0 spiro atoms. The number of benzene rings is 1. The number of nitrogens with zero attached hydrogens (tertiary/aromatic N) is 5. The van der Waals surface area contributed by atoms with Crippen LogP contribution in [-0.2, 0) is 11.8 Å². The Bertz CT molecular complexity index is 1010. The van der Waals surface area contributed by atoms with Gasteiger partial charge in [-0.2, -0.15) is 0 Å². The Kier molecular flexibility index (Phi) is 4.52. The minimum absolute atomic E-state index is 0.117. The van der Waals surface area contributed by atoms with E-state index < -0.39 is 0 Å². The Morgan fingerprint density at radius 2 is 2.04 bits per heavy atom. The molecule has 1 fully saturated rings. The van der Waals surface area contributed by atoms with Crippen molar-refractivity contribution in [3.05, 3.63) is 41.6 Å². The highest BCUT2D eigenvalue weighted by atomic mass is 35.5. The van der Waals surface area contributed by atoms with Crippen LogP contribution in [0.15, 0.2) is 36.5 Å². The van der Waals surface area contributed by atoms with Gasteiger partial charge in [0.1, 0.15) is 11.6 Å². The van der Waals surface area contributed by atoms with Crippen LogP contribution in [0.25, 0.3) is 22.4 Å². The minimum Gasteiger partial charge on any atom is -0.350 e. The number of amides is 1. The number of rotatable bonds is 2. The zero-order valence-corrected chi connectivity index (χ0v) is 16.4. The number of halogens is 1. The van der Waals surface area contributed by atoms with Crippen molar-refractivity contribution in [1.29, 1.82) is 0 Å². The molecule has 2 aromatic heterocycles. The normalized spacial score (nSPS) is 17.6.